The van der Waals surface area contributed by atoms with Crippen molar-refractivity contribution in [1.82, 2.24) is 15.3 Å². The smallest absolute Gasteiger partial charge is 0.244 e. The van der Waals surface area contributed by atoms with Crippen molar-refractivity contribution < 1.29 is 9.53 Å². The highest BCUT2D eigenvalue weighted by Crippen LogP contribution is 2.22. The van der Waals surface area contributed by atoms with Gasteiger partial charge in [-0.15, -0.1) is 0 Å². The molecule has 2 heterocycles. The van der Waals surface area contributed by atoms with Gasteiger partial charge in [-0.05, 0) is 6.26 Å². The summed E-state index contributed by atoms with van der Waals surface area (Å²) >= 11 is 1.42. The van der Waals surface area contributed by atoms with Gasteiger partial charge < -0.3 is 20.7 Å². The Kier molecular flexibility index (Phi) is 4.43. The molecule has 1 saturated heterocycles. The number of thioether (sulfide) groups is 1. The molecule has 0 radical (unpaired) electrons. The average molecular weight is 283 g/mol. The third kappa shape index (κ3) is 3.07. The molecule has 0 aromatic carbocycles. The summed E-state index contributed by atoms with van der Waals surface area (Å²) in [5.74, 6) is 0.966. The van der Waals surface area contributed by atoms with Crippen molar-refractivity contribution in [3.05, 3.63) is 6.07 Å². The van der Waals surface area contributed by atoms with Crippen molar-refractivity contribution in [1.29, 1.82) is 0 Å². The molecule has 1 amide bonds. The third-order valence-electron chi connectivity index (χ3n) is 2.87. The number of nitrogens with two attached hydrogens (primary N) is 1. The van der Waals surface area contributed by atoms with Gasteiger partial charge in [-0.3, -0.25) is 4.79 Å². The van der Waals surface area contributed by atoms with Gasteiger partial charge in [-0.25, -0.2) is 9.97 Å². The van der Waals surface area contributed by atoms with Crippen LogP contribution in [0.1, 0.15) is 0 Å². The highest BCUT2D eigenvalue weighted by molar-refractivity contribution is 7.98. The zero-order valence-electron chi connectivity index (χ0n) is 10.9. The van der Waals surface area contributed by atoms with Crippen LogP contribution in [0.25, 0.3) is 0 Å². The largest absolute Gasteiger partial charge is 0.383 e. The maximum atomic E-state index is 11.9. The van der Waals surface area contributed by atoms with Crippen LogP contribution in [0.2, 0.25) is 0 Å². The fourth-order valence-corrected chi connectivity index (χ4v) is 2.31. The Morgan fingerprint density at radius 1 is 1.63 bits per heavy atom. The highest BCUT2D eigenvalue weighted by Gasteiger charge is 2.30. The van der Waals surface area contributed by atoms with Gasteiger partial charge in [-0.1, -0.05) is 11.8 Å². The second-order valence-electron chi connectivity index (χ2n) is 4.04. The highest BCUT2D eigenvalue weighted by atomic mass is 32.2. The lowest BCUT2D eigenvalue weighted by molar-refractivity contribution is -0.124. The van der Waals surface area contributed by atoms with Crippen LogP contribution < -0.4 is 16.0 Å². The molecule has 104 valence electrons. The molecule has 1 aliphatic rings. The molecule has 1 aromatic heterocycles. The van der Waals surface area contributed by atoms with Gasteiger partial charge in [0.15, 0.2) is 5.16 Å². The molecule has 0 bridgehead atoms. The van der Waals surface area contributed by atoms with Crippen LogP contribution in [0, 0.1) is 0 Å². The number of nitrogen functional groups attached to an aromatic ring is 1. The Balaban J connectivity index is 2.31. The quantitative estimate of drug-likeness (QED) is 0.582. The summed E-state index contributed by atoms with van der Waals surface area (Å²) < 4.78 is 5.36. The number of carbonyl (C=O) groups excluding carboxylic acids is 1. The molecule has 0 spiro atoms. The molecule has 0 saturated carbocycles. The number of nitrogens with one attached hydrogen (secondary N) is 1. The van der Waals surface area contributed by atoms with Gasteiger partial charge in [0.05, 0.1) is 13.2 Å². The van der Waals surface area contributed by atoms with Crippen LogP contribution in [0.5, 0.6) is 0 Å². The first-order chi connectivity index (χ1) is 9.15. The van der Waals surface area contributed by atoms with Crippen LogP contribution >= 0.6 is 11.8 Å². The molecule has 7 nitrogen and oxygen atoms in total. The minimum Gasteiger partial charge on any atom is -0.383 e. The lowest BCUT2D eigenvalue weighted by Gasteiger charge is -2.35. The SMILES string of the molecule is CNC(=O)C1COCCN1c1cc(N)nc(SC)n1. The van der Waals surface area contributed by atoms with Crippen LogP contribution in [-0.4, -0.2) is 55.0 Å². The molecular weight excluding hydrogens is 266 g/mol. The number of hydrogen-bond acceptors (Lipinski definition) is 7. The predicted molar refractivity (Wildman–Crippen MR) is 74.2 cm³/mol. The Bertz CT molecular complexity index is 470. The lowest BCUT2D eigenvalue weighted by atomic mass is 10.2. The number of carbonyl (C=O) groups is 1. The number of ether oxygens (including phenoxy) is 1. The van der Waals surface area contributed by atoms with Crippen LogP contribution in [0.15, 0.2) is 11.2 Å². The number of likely N-dealkylation sites (N-methyl/N-ethyl adjacent to an activating group) is 1. The van der Waals surface area contributed by atoms with Crippen LogP contribution in [0.4, 0.5) is 11.6 Å². The number of morpholine rings is 1. The second-order valence-corrected chi connectivity index (χ2v) is 4.81. The van der Waals surface area contributed by atoms with E-state index in [1.165, 1.54) is 11.8 Å². The van der Waals surface area contributed by atoms with Crippen LogP contribution in [-0.2, 0) is 9.53 Å². The average Bonchev–Trinajstić information content (AvgIpc) is 2.45. The second kappa shape index (κ2) is 6.07. The maximum Gasteiger partial charge on any atom is 0.244 e. The standard InChI is InChI=1S/C11H17N5O2S/c1-13-10(17)7-6-18-4-3-16(7)9-5-8(12)14-11(15-9)19-2/h5,7H,3-4,6H2,1-2H3,(H,13,17)(H2,12,14,15). The van der Waals surface area contributed by atoms with E-state index in [4.69, 9.17) is 10.5 Å². The van der Waals surface area contributed by atoms with Gasteiger partial charge in [0, 0.05) is 19.7 Å². The number of amides is 1. The summed E-state index contributed by atoms with van der Waals surface area (Å²) in [6.07, 6.45) is 1.88. The van der Waals surface area contributed by atoms with Gasteiger partial charge in [-0.2, -0.15) is 0 Å². The number of aromatic nitrogens is 2. The van der Waals surface area contributed by atoms with E-state index in [-0.39, 0.29) is 11.9 Å². The van der Waals surface area contributed by atoms with Crippen molar-refractivity contribution in [2.24, 2.45) is 0 Å². The van der Waals surface area contributed by atoms with Crippen molar-refractivity contribution in [3.63, 3.8) is 0 Å². The van der Waals surface area contributed by atoms with E-state index >= 15 is 0 Å². The molecule has 2 rings (SSSR count). The minimum atomic E-state index is -0.386. The summed E-state index contributed by atoms with van der Waals surface area (Å²) in [5.41, 5.74) is 5.77. The monoisotopic (exact) mass is 283 g/mol. The molecule has 1 fully saturated rings. The molecule has 1 aliphatic heterocycles. The summed E-state index contributed by atoms with van der Waals surface area (Å²) in [5, 5.41) is 3.23. The van der Waals surface area contributed by atoms with Gasteiger partial charge >= 0.3 is 0 Å². The first-order valence-electron chi connectivity index (χ1n) is 5.90. The summed E-state index contributed by atoms with van der Waals surface area (Å²) in [7, 11) is 1.61. The van der Waals surface area contributed by atoms with E-state index < -0.39 is 0 Å². The Hall–Kier alpha value is -1.54. The summed E-state index contributed by atoms with van der Waals surface area (Å²) in [4.78, 5) is 22.3. The van der Waals surface area contributed by atoms with Gasteiger partial charge in [0.2, 0.25) is 5.91 Å². The summed E-state index contributed by atoms with van der Waals surface area (Å²) in [6, 6.07) is 1.30. The molecule has 8 heteroatoms. The maximum absolute atomic E-state index is 11.9. The number of anilines is 2. The number of rotatable bonds is 3. The molecule has 1 atom stereocenters. The molecule has 3 N–H and O–H groups in total. The van der Waals surface area contributed by atoms with E-state index in [1.54, 1.807) is 13.1 Å². The number of hydrogen-bond donors (Lipinski definition) is 2. The lowest BCUT2D eigenvalue weighted by Crippen LogP contribution is -2.53. The van der Waals surface area contributed by atoms with E-state index in [0.717, 1.165) is 0 Å². The normalized spacial score (nSPS) is 19.3. The Morgan fingerprint density at radius 2 is 2.42 bits per heavy atom. The Labute approximate surface area is 115 Å². The fraction of sp³-hybridized carbons (Fsp3) is 0.545. The van der Waals surface area contributed by atoms with Crippen molar-refractivity contribution in [3.8, 4) is 0 Å². The third-order valence-corrected chi connectivity index (χ3v) is 3.41. The minimum absolute atomic E-state index is 0.0948. The van der Waals surface area contributed by atoms with Gasteiger partial charge in [0.1, 0.15) is 17.7 Å². The summed E-state index contributed by atoms with van der Waals surface area (Å²) in [6.45, 7) is 1.51. The van der Waals surface area contributed by atoms with E-state index in [9.17, 15) is 4.79 Å². The fourth-order valence-electron chi connectivity index (χ4n) is 1.93. The zero-order chi connectivity index (χ0) is 13.8. The molecular formula is C11H17N5O2S. The Morgan fingerprint density at radius 3 is 3.11 bits per heavy atom. The van der Waals surface area contributed by atoms with E-state index in [1.807, 2.05) is 11.2 Å². The van der Waals surface area contributed by atoms with Gasteiger partial charge in [0.25, 0.3) is 0 Å². The van der Waals surface area contributed by atoms with Crippen molar-refractivity contribution >= 4 is 29.3 Å². The van der Waals surface area contributed by atoms with E-state index in [2.05, 4.69) is 15.3 Å². The zero-order valence-corrected chi connectivity index (χ0v) is 11.7. The molecule has 0 aliphatic carbocycles. The predicted octanol–water partition coefficient (Wildman–Crippen LogP) is -0.268. The first kappa shape index (κ1) is 13.9. The molecule has 1 aromatic rings. The first-order valence-corrected chi connectivity index (χ1v) is 7.12. The van der Waals surface area contributed by atoms with Crippen LogP contribution in [0.3, 0.4) is 0 Å². The van der Waals surface area contributed by atoms with E-state index in [0.29, 0.717) is 36.6 Å². The van der Waals surface area contributed by atoms with Crippen molar-refractivity contribution in [2.75, 3.05) is 43.7 Å². The number of nitrogens with zero attached hydrogens (tertiary/aromatic N) is 3. The molecule has 1 unspecified atom stereocenters. The topological polar surface area (TPSA) is 93.4 Å². The molecule has 19 heavy (non-hydrogen) atoms. The van der Waals surface area contributed by atoms with Crippen molar-refractivity contribution in [2.45, 2.75) is 11.2 Å².